The quantitative estimate of drug-likeness (QED) is 0.871. The minimum atomic E-state index is -0.278. The molecular weight excluding hydrogens is 270 g/mol. The average Bonchev–Trinajstić information content (AvgIpc) is 3.12. The topological polar surface area (TPSA) is 51.9 Å². The van der Waals surface area contributed by atoms with Crippen molar-refractivity contribution in [1.82, 2.24) is 4.90 Å². The molecule has 112 valence electrons. The van der Waals surface area contributed by atoms with E-state index in [1.807, 2.05) is 25.1 Å². The molecule has 1 fully saturated rings. The van der Waals surface area contributed by atoms with Crippen LogP contribution in [0.15, 0.2) is 28.7 Å². The maximum Gasteiger partial charge on any atom is 0.289 e. The van der Waals surface area contributed by atoms with Gasteiger partial charge in [0.1, 0.15) is 0 Å². The van der Waals surface area contributed by atoms with E-state index in [9.17, 15) is 4.79 Å². The maximum absolute atomic E-state index is 12.6. The Morgan fingerprint density at radius 3 is 2.90 bits per heavy atom. The molecule has 1 atom stereocenters. The predicted octanol–water partition coefficient (Wildman–Crippen LogP) is 2.69. The van der Waals surface area contributed by atoms with Crippen molar-refractivity contribution in [3.63, 3.8) is 0 Å². The second kappa shape index (κ2) is 5.07. The Morgan fingerprint density at radius 2 is 2.24 bits per heavy atom. The van der Waals surface area contributed by atoms with Crippen LogP contribution in [0, 0.1) is 0 Å². The fourth-order valence-corrected chi connectivity index (χ4v) is 2.63. The highest BCUT2D eigenvalue weighted by Crippen LogP contribution is 2.31. The summed E-state index contributed by atoms with van der Waals surface area (Å²) >= 11 is 0. The van der Waals surface area contributed by atoms with Gasteiger partial charge in [-0.05, 0) is 25.5 Å². The number of methoxy groups -OCH3 is 1. The lowest BCUT2D eigenvalue weighted by Gasteiger charge is -2.33. The standard InChI is InChI=1S/C16H19NO4/c1-16(7-8-20-10-16)17(2)15(18)13-9-11-5-4-6-12(19-3)14(11)21-13/h4-6,9H,7-8,10H2,1-3H3. The zero-order valence-electron chi connectivity index (χ0n) is 12.5. The lowest BCUT2D eigenvalue weighted by molar-refractivity contribution is 0.0523. The van der Waals surface area contributed by atoms with E-state index in [0.29, 0.717) is 30.3 Å². The smallest absolute Gasteiger partial charge is 0.289 e. The van der Waals surface area contributed by atoms with Gasteiger partial charge in [0.2, 0.25) is 0 Å². The summed E-state index contributed by atoms with van der Waals surface area (Å²) in [6.45, 7) is 3.27. The van der Waals surface area contributed by atoms with Crippen LogP contribution in [0.2, 0.25) is 0 Å². The molecule has 5 nitrogen and oxygen atoms in total. The number of hydrogen-bond acceptors (Lipinski definition) is 4. The Hall–Kier alpha value is -2.01. The summed E-state index contributed by atoms with van der Waals surface area (Å²) in [5, 5.41) is 0.860. The molecule has 0 N–H and O–H groups in total. The van der Waals surface area contributed by atoms with Crippen LogP contribution in [-0.2, 0) is 4.74 Å². The average molecular weight is 289 g/mol. The van der Waals surface area contributed by atoms with Gasteiger partial charge in [0.25, 0.3) is 5.91 Å². The molecule has 1 aliphatic rings. The Labute approximate surface area is 123 Å². The van der Waals surface area contributed by atoms with Gasteiger partial charge in [0.05, 0.1) is 19.3 Å². The molecule has 21 heavy (non-hydrogen) atoms. The highest BCUT2D eigenvalue weighted by atomic mass is 16.5. The van der Waals surface area contributed by atoms with E-state index in [2.05, 4.69) is 0 Å². The minimum Gasteiger partial charge on any atom is -0.493 e. The number of nitrogens with zero attached hydrogens (tertiary/aromatic N) is 1. The van der Waals surface area contributed by atoms with E-state index >= 15 is 0 Å². The first-order chi connectivity index (χ1) is 10.0. The predicted molar refractivity (Wildman–Crippen MR) is 78.7 cm³/mol. The third-order valence-electron chi connectivity index (χ3n) is 4.25. The van der Waals surface area contributed by atoms with Gasteiger partial charge in [-0.25, -0.2) is 0 Å². The van der Waals surface area contributed by atoms with Gasteiger partial charge in [-0.15, -0.1) is 0 Å². The van der Waals surface area contributed by atoms with E-state index in [4.69, 9.17) is 13.9 Å². The number of rotatable bonds is 3. The number of fused-ring (bicyclic) bond motifs is 1. The first kappa shape index (κ1) is 13.9. The molecule has 1 amide bonds. The molecule has 3 rings (SSSR count). The molecule has 2 heterocycles. The fourth-order valence-electron chi connectivity index (χ4n) is 2.63. The Balaban J connectivity index is 1.94. The lowest BCUT2D eigenvalue weighted by Crippen LogP contribution is -2.47. The molecule has 1 unspecified atom stereocenters. The number of para-hydroxylation sites is 1. The molecule has 2 aromatic rings. The zero-order valence-corrected chi connectivity index (χ0v) is 12.5. The van der Waals surface area contributed by atoms with Crippen molar-refractivity contribution >= 4 is 16.9 Å². The van der Waals surface area contributed by atoms with Gasteiger partial charge in [0, 0.05) is 19.0 Å². The number of benzene rings is 1. The van der Waals surface area contributed by atoms with Crippen LogP contribution in [0.1, 0.15) is 23.9 Å². The van der Waals surface area contributed by atoms with Crippen molar-refractivity contribution in [3.8, 4) is 5.75 Å². The summed E-state index contributed by atoms with van der Waals surface area (Å²) in [5.74, 6) is 0.816. The van der Waals surface area contributed by atoms with Crippen LogP contribution >= 0.6 is 0 Å². The summed E-state index contributed by atoms with van der Waals surface area (Å²) in [6.07, 6.45) is 0.832. The van der Waals surface area contributed by atoms with Crippen molar-refractivity contribution in [2.75, 3.05) is 27.4 Å². The van der Waals surface area contributed by atoms with Gasteiger partial charge < -0.3 is 18.8 Å². The molecular formula is C16H19NO4. The zero-order chi connectivity index (χ0) is 15.0. The molecule has 0 spiro atoms. The van der Waals surface area contributed by atoms with Crippen LogP contribution in [0.25, 0.3) is 11.0 Å². The van der Waals surface area contributed by atoms with Gasteiger partial charge in [0.15, 0.2) is 17.1 Å². The summed E-state index contributed by atoms with van der Waals surface area (Å²) in [6, 6.07) is 7.35. The third-order valence-corrected chi connectivity index (χ3v) is 4.25. The van der Waals surface area contributed by atoms with Crippen molar-refractivity contribution in [2.45, 2.75) is 18.9 Å². The van der Waals surface area contributed by atoms with Gasteiger partial charge in [-0.2, -0.15) is 0 Å². The third kappa shape index (κ3) is 2.27. The van der Waals surface area contributed by atoms with E-state index in [1.54, 1.807) is 25.1 Å². The lowest BCUT2D eigenvalue weighted by atomic mass is 9.99. The van der Waals surface area contributed by atoms with Gasteiger partial charge >= 0.3 is 0 Å². The monoisotopic (exact) mass is 289 g/mol. The second-order valence-corrected chi connectivity index (χ2v) is 5.65. The first-order valence-electron chi connectivity index (χ1n) is 6.97. The molecule has 5 heteroatoms. The molecule has 0 radical (unpaired) electrons. The molecule has 1 aliphatic heterocycles. The number of amides is 1. The summed E-state index contributed by atoms with van der Waals surface area (Å²) in [4.78, 5) is 14.4. The molecule has 0 aliphatic carbocycles. The van der Waals surface area contributed by atoms with Crippen molar-refractivity contribution < 1.29 is 18.7 Å². The SMILES string of the molecule is COc1cccc2cc(C(=O)N(C)C3(C)CCOC3)oc12. The second-order valence-electron chi connectivity index (χ2n) is 5.65. The summed E-state index contributed by atoms with van der Waals surface area (Å²) in [7, 11) is 3.38. The molecule has 0 bridgehead atoms. The van der Waals surface area contributed by atoms with Crippen LogP contribution < -0.4 is 4.74 Å². The highest BCUT2D eigenvalue weighted by Gasteiger charge is 2.37. The highest BCUT2D eigenvalue weighted by molar-refractivity contribution is 5.97. The number of ether oxygens (including phenoxy) is 2. The number of carbonyl (C=O) groups excluding carboxylic acids is 1. The normalized spacial score (nSPS) is 21.7. The Kier molecular flexibility index (Phi) is 3.37. The van der Waals surface area contributed by atoms with Crippen molar-refractivity contribution in [3.05, 3.63) is 30.0 Å². The first-order valence-corrected chi connectivity index (χ1v) is 6.97. The minimum absolute atomic E-state index is 0.138. The van der Waals surface area contributed by atoms with Crippen molar-refractivity contribution in [2.24, 2.45) is 0 Å². The maximum atomic E-state index is 12.6. The van der Waals surface area contributed by atoms with E-state index in [1.165, 1.54) is 0 Å². The van der Waals surface area contributed by atoms with Crippen LogP contribution in [0.3, 0.4) is 0 Å². The molecule has 1 saturated heterocycles. The summed E-state index contributed by atoms with van der Waals surface area (Å²) in [5.41, 5.74) is 0.324. The van der Waals surface area contributed by atoms with Crippen molar-refractivity contribution in [1.29, 1.82) is 0 Å². The Bertz CT molecular complexity index is 670. The largest absolute Gasteiger partial charge is 0.493 e. The van der Waals surface area contributed by atoms with E-state index in [-0.39, 0.29) is 11.4 Å². The Morgan fingerprint density at radius 1 is 1.43 bits per heavy atom. The van der Waals surface area contributed by atoms with Crippen LogP contribution in [0.5, 0.6) is 5.75 Å². The molecule has 1 aromatic heterocycles. The van der Waals surface area contributed by atoms with Crippen LogP contribution in [-0.4, -0.2) is 43.7 Å². The number of carbonyl (C=O) groups is 1. The molecule has 0 saturated carbocycles. The van der Waals surface area contributed by atoms with Gasteiger partial charge in [-0.1, -0.05) is 12.1 Å². The van der Waals surface area contributed by atoms with E-state index in [0.717, 1.165) is 11.8 Å². The van der Waals surface area contributed by atoms with E-state index < -0.39 is 0 Å². The summed E-state index contributed by atoms with van der Waals surface area (Å²) < 4.78 is 16.4. The number of furan rings is 1. The number of hydrogen-bond donors (Lipinski definition) is 0. The molecule has 1 aromatic carbocycles. The van der Waals surface area contributed by atoms with Crippen LogP contribution in [0.4, 0.5) is 0 Å². The van der Waals surface area contributed by atoms with Gasteiger partial charge in [-0.3, -0.25) is 4.79 Å². The fraction of sp³-hybridized carbons (Fsp3) is 0.438. The number of likely N-dealkylation sites (N-methyl/N-ethyl adjacent to an activating group) is 1.